The van der Waals surface area contributed by atoms with E-state index < -0.39 is 0 Å². The van der Waals surface area contributed by atoms with Crippen LogP contribution in [-0.2, 0) is 30.7 Å². The molecular formula is C26H26N4O6. The van der Waals surface area contributed by atoms with Crippen LogP contribution >= 0.6 is 0 Å². The van der Waals surface area contributed by atoms with Crippen molar-refractivity contribution in [3.63, 3.8) is 0 Å². The molecule has 36 heavy (non-hydrogen) atoms. The number of nitrogens with one attached hydrogen (secondary N) is 1. The first-order valence-electron chi connectivity index (χ1n) is 11.7. The molecule has 1 aromatic carbocycles. The van der Waals surface area contributed by atoms with Crippen molar-refractivity contribution in [1.29, 1.82) is 0 Å². The molecule has 0 bridgehead atoms. The third-order valence-electron chi connectivity index (χ3n) is 6.36. The molecule has 0 atom stereocenters. The van der Waals surface area contributed by atoms with E-state index >= 15 is 0 Å². The van der Waals surface area contributed by atoms with Crippen molar-refractivity contribution in [3.8, 4) is 17.2 Å². The quantitative estimate of drug-likeness (QED) is 0.558. The average molecular weight is 491 g/mol. The fourth-order valence-electron chi connectivity index (χ4n) is 4.51. The molecular weight excluding hydrogens is 464 g/mol. The summed E-state index contributed by atoms with van der Waals surface area (Å²) < 4.78 is 17.7. The van der Waals surface area contributed by atoms with Gasteiger partial charge >= 0.3 is 0 Å². The fraction of sp³-hybridized carbons (Fsp3) is 0.308. The van der Waals surface area contributed by atoms with Gasteiger partial charge in [0.15, 0.2) is 11.5 Å². The molecule has 0 aliphatic carbocycles. The van der Waals surface area contributed by atoms with Crippen LogP contribution in [0.5, 0.6) is 17.2 Å². The summed E-state index contributed by atoms with van der Waals surface area (Å²) >= 11 is 0. The van der Waals surface area contributed by atoms with E-state index in [0.29, 0.717) is 48.8 Å². The lowest BCUT2D eigenvalue weighted by Crippen LogP contribution is -2.35. The first-order valence-corrected chi connectivity index (χ1v) is 11.7. The normalized spacial score (nSPS) is 14.1. The number of methoxy groups -OCH3 is 1. The van der Waals surface area contributed by atoms with E-state index in [4.69, 9.17) is 14.2 Å². The number of carbonyl (C=O) groups excluding carboxylic acids is 2. The van der Waals surface area contributed by atoms with E-state index in [1.54, 1.807) is 34.0 Å². The predicted octanol–water partition coefficient (Wildman–Crippen LogP) is 1.54. The Hall–Kier alpha value is -4.34. The molecule has 10 nitrogen and oxygen atoms in total. The Balaban J connectivity index is 1.35. The van der Waals surface area contributed by atoms with E-state index in [1.165, 1.54) is 13.2 Å². The Labute approximate surface area is 207 Å². The molecule has 2 aliphatic heterocycles. The zero-order valence-corrected chi connectivity index (χ0v) is 19.9. The third kappa shape index (κ3) is 4.74. The van der Waals surface area contributed by atoms with Crippen LogP contribution in [0.1, 0.15) is 27.2 Å². The molecule has 0 saturated carbocycles. The number of hydrogen-bond donors (Lipinski definition) is 1. The van der Waals surface area contributed by atoms with Gasteiger partial charge in [-0.25, -0.2) is 0 Å². The van der Waals surface area contributed by atoms with Gasteiger partial charge in [-0.15, -0.1) is 0 Å². The van der Waals surface area contributed by atoms with E-state index in [9.17, 15) is 14.4 Å². The van der Waals surface area contributed by atoms with Gasteiger partial charge in [0.1, 0.15) is 11.3 Å². The molecule has 5 rings (SSSR count). The highest BCUT2D eigenvalue weighted by Crippen LogP contribution is 2.32. The van der Waals surface area contributed by atoms with Crippen molar-refractivity contribution in [1.82, 2.24) is 19.8 Å². The molecule has 2 amide bonds. The molecule has 4 heterocycles. The van der Waals surface area contributed by atoms with Crippen molar-refractivity contribution >= 4 is 11.8 Å². The van der Waals surface area contributed by atoms with Crippen molar-refractivity contribution in [2.75, 3.05) is 27.0 Å². The van der Waals surface area contributed by atoms with Crippen LogP contribution in [0.15, 0.2) is 53.6 Å². The van der Waals surface area contributed by atoms with E-state index in [0.717, 1.165) is 11.1 Å². The summed E-state index contributed by atoms with van der Waals surface area (Å²) in [5, 5.41) is 2.92. The van der Waals surface area contributed by atoms with Crippen LogP contribution in [0.3, 0.4) is 0 Å². The molecule has 0 unspecified atom stereocenters. The zero-order chi connectivity index (χ0) is 25.1. The Morgan fingerprint density at radius 3 is 2.75 bits per heavy atom. The van der Waals surface area contributed by atoms with Crippen molar-refractivity contribution in [2.45, 2.75) is 25.9 Å². The van der Waals surface area contributed by atoms with Gasteiger partial charge in [-0.3, -0.25) is 19.4 Å². The number of carbonyl (C=O) groups is 2. The predicted molar refractivity (Wildman–Crippen MR) is 129 cm³/mol. The summed E-state index contributed by atoms with van der Waals surface area (Å²) in [6.45, 7) is 1.48. The second kappa shape index (κ2) is 10.1. The SMILES string of the molecule is COc1cc(=O)n2c(c1C(=O)NCc1ccc3c(c1)OCO3)CCN(C(=O)Cc1cccnc1)CC2. The molecule has 1 N–H and O–H groups in total. The lowest BCUT2D eigenvalue weighted by molar-refractivity contribution is -0.130. The molecule has 2 aliphatic rings. The van der Waals surface area contributed by atoms with Crippen molar-refractivity contribution in [3.05, 3.63) is 81.5 Å². The zero-order valence-electron chi connectivity index (χ0n) is 19.9. The summed E-state index contributed by atoms with van der Waals surface area (Å²) in [6.07, 6.45) is 3.90. The van der Waals surface area contributed by atoms with Gasteiger partial charge in [0.05, 0.1) is 13.5 Å². The van der Waals surface area contributed by atoms with Crippen LogP contribution in [0.25, 0.3) is 0 Å². The Morgan fingerprint density at radius 2 is 1.94 bits per heavy atom. The molecule has 10 heteroatoms. The highest BCUT2D eigenvalue weighted by atomic mass is 16.7. The van der Waals surface area contributed by atoms with Crippen molar-refractivity contribution < 1.29 is 23.8 Å². The molecule has 2 aromatic heterocycles. The van der Waals surface area contributed by atoms with Crippen LogP contribution < -0.4 is 25.1 Å². The Kier molecular flexibility index (Phi) is 6.57. The smallest absolute Gasteiger partial charge is 0.257 e. The molecule has 186 valence electrons. The van der Waals surface area contributed by atoms with Crippen molar-refractivity contribution in [2.24, 2.45) is 0 Å². The van der Waals surface area contributed by atoms with Gasteiger partial charge in [0, 0.05) is 56.8 Å². The van der Waals surface area contributed by atoms with Gasteiger partial charge in [0.25, 0.3) is 11.5 Å². The minimum absolute atomic E-state index is 0.0513. The number of benzene rings is 1. The summed E-state index contributed by atoms with van der Waals surface area (Å²) in [6, 6.07) is 10.5. The molecule has 3 aromatic rings. The minimum atomic E-state index is -0.358. The maximum atomic E-state index is 13.3. The Bertz CT molecular complexity index is 1350. The maximum absolute atomic E-state index is 13.3. The van der Waals surface area contributed by atoms with Gasteiger partial charge in [-0.05, 0) is 29.3 Å². The lowest BCUT2D eigenvalue weighted by Gasteiger charge is -2.19. The maximum Gasteiger partial charge on any atom is 0.257 e. The molecule has 0 radical (unpaired) electrons. The topological polar surface area (TPSA) is 112 Å². The minimum Gasteiger partial charge on any atom is -0.496 e. The first kappa shape index (κ1) is 23.4. The van der Waals surface area contributed by atoms with Crippen LogP contribution in [0, 0.1) is 0 Å². The van der Waals surface area contributed by atoms with Gasteiger partial charge in [-0.2, -0.15) is 0 Å². The van der Waals surface area contributed by atoms with Gasteiger partial charge < -0.3 is 29.0 Å². The summed E-state index contributed by atoms with van der Waals surface area (Å²) in [4.78, 5) is 44.9. The standard InChI is InChI=1S/C26H26N4O6/c1-34-22-13-24(32)30-10-9-29(23(31)12-17-3-2-7-27-14-17)8-6-19(30)25(22)26(33)28-15-18-4-5-20-21(11-18)36-16-35-20/h2-5,7,11,13-14H,6,8-10,12,15-16H2,1H3,(H,28,33). The largest absolute Gasteiger partial charge is 0.496 e. The number of amides is 2. The summed E-state index contributed by atoms with van der Waals surface area (Å²) in [5.41, 5.74) is 2.26. The van der Waals surface area contributed by atoms with E-state index in [-0.39, 0.29) is 42.9 Å². The lowest BCUT2D eigenvalue weighted by atomic mass is 10.1. The summed E-state index contributed by atoms with van der Waals surface area (Å²) in [7, 11) is 1.43. The second-order valence-corrected chi connectivity index (χ2v) is 8.56. The molecule has 0 fully saturated rings. The number of hydrogen-bond acceptors (Lipinski definition) is 7. The average Bonchev–Trinajstić information content (AvgIpc) is 3.24. The Morgan fingerprint density at radius 1 is 1.08 bits per heavy atom. The van der Waals surface area contributed by atoms with Crippen LogP contribution in [0.2, 0.25) is 0 Å². The molecule has 0 saturated heterocycles. The number of ether oxygens (including phenoxy) is 3. The first-order chi connectivity index (χ1) is 17.5. The number of nitrogens with zero attached hydrogens (tertiary/aromatic N) is 3. The highest BCUT2D eigenvalue weighted by molar-refractivity contribution is 5.98. The van der Waals surface area contributed by atoms with E-state index in [1.807, 2.05) is 18.2 Å². The molecule has 0 spiro atoms. The van der Waals surface area contributed by atoms with Crippen LogP contribution in [-0.4, -0.2) is 53.3 Å². The highest BCUT2D eigenvalue weighted by Gasteiger charge is 2.27. The monoisotopic (exact) mass is 490 g/mol. The second-order valence-electron chi connectivity index (χ2n) is 8.56. The van der Waals surface area contributed by atoms with E-state index in [2.05, 4.69) is 10.3 Å². The third-order valence-corrected chi connectivity index (χ3v) is 6.36. The fourth-order valence-corrected chi connectivity index (χ4v) is 4.51. The number of rotatable bonds is 6. The van der Waals surface area contributed by atoms with Crippen LogP contribution in [0.4, 0.5) is 0 Å². The number of pyridine rings is 2. The van der Waals surface area contributed by atoms with Gasteiger partial charge in [-0.1, -0.05) is 12.1 Å². The summed E-state index contributed by atoms with van der Waals surface area (Å²) in [5.74, 6) is 1.11. The number of aromatic nitrogens is 2. The van der Waals surface area contributed by atoms with Gasteiger partial charge in [0.2, 0.25) is 12.7 Å². The number of fused-ring (bicyclic) bond motifs is 2.